The molecule has 0 unspecified atom stereocenters. The van der Waals surface area contributed by atoms with Crippen molar-refractivity contribution in [2.24, 2.45) is 0 Å². The molecule has 0 radical (unpaired) electrons. The van der Waals surface area contributed by atoms with Crippen molar-refractivity contribution in [2.75, 3.05) is 36.8 Å². The largest absolute Gasteiger partial charge is 0.396 e. The lowest BCUT2D eigenvalue weighted by atomic mass is 10.2. The molecule has 5 nitrogen and oxygen atoms in total. The molecule has 110 valence electrons. The lowest BCUT2D eigenvalue weighted by Crippen LogP contribution is -2.46. The SMILES string of the molecule is Nc1cccnc1N1CCN(Cc2cncc(Br)c2)CC1. The van der Waals surface area contributed by atoms with Gasteiger partial charge in [0.15, 0.2) is 5.82 Å². The van der Waals surface area contributed by atoms with Gasteiger partial charge in [0, 0.05) is 55.8 Å². The molecule has 1 fully saturated rings. The average molecular weight is 348 g/mol. The number of halogens is 1. The second-order valence-corrected chi connectivity index (χ2v) is 6.11. The maximum Gasteiger partial charge on any atom is 0.151 e. The molecule has 1 saturated heterocycles. The molecular weight excluding hydrogens is 330 g/mol. The predicted octanol–water partition coefficient (Wildman–Crippen LogP) is 2.14. The molecule has 0 atom stereocenters. The Balaban J connectivity index is 1.59. The van der Waals surface area contributed by atoms with Gasteiger partial charge < -0.3 is 10.6 Å². The highest BCUT2D eigenvalue weighted by atomic mass is 79.9. The van der Waals surface area contributed by atoms with Crippen LogP contribution in [0.5, 0.6) is 0 Å². The van der Waals surface area contributed by atoms with Crippen molar-refractivity contribution in [2.45, 2.75) is 6.54 Å². The summed E-state index contributed by atoms with van der Waals surface area (Å²) in [5.41, 5.74) is 7.98. The van der Waals surface area contributed by atoms with Crippen molar-refractivity contribution in [3.63, 3.8) is 0 Å². The summed E-state index contributed by atoms with van der Waals surface area (Å²) in [5, 5.41) is 0. The van der Waals surface area contributed by atoms with E-state index in [4.69, 9.17) is 5.73 Å². The van der Waals surface area contributed by atoms with E-state index in [0.717, 1.165) is 48.7 Å². The number of pyridine rings is 2. The standard InChI is InChI=1S/C15H18BrN5/c16-13-8-12(9-18-10-13)11-20-4-6-21(7-5-20)15-14(17)2-1-3-19-15/h1-3,8-10H,4-7,11,17H2. The fourth-order valence-electron chi connectivity index (χ4n) is 2.59. The highest BCUT2D eigenvalue weighted by molar-refractivity contribution is 9.10. The minimum atomic E-state index is 0.752. The van der Waals surface area contributed by atoms with Gasteiger partial charge in [-0.05, 0) is 39.7 Å². The van der Waals surface area contributed by atoms with Crippen molar-refractivity contribution >= 4 is 27.4 Å². The number of aromatic nitrogens is 2. The van der Waals surface area contributed by atoms with Crippen LogP contribution in [0.2, 0.25) is 0 Å². The van der Waals surface area contributed by atoms with Crippen LogP contribution in [0.3, 0.4) is 0 Å². The molecule has 3 heterocycles. The molecular formula is C15H18BrN5. The summed E-state index contributed by atoms with van der Waals surface area (Å²) in [7, 11) is 0. The third-order valence-corrected chi connectivity index (χ3v) is 4.09. The first-order chi connectivity index (χ1) is 10.2. The highest BCUT2D eigenvalue weighted by Crippen LogP contribution is 2.21. The number of hydrogen-bond donors (Lipinski definition) is 1. The number of anilines is 2. The zero-order chi connectivity index (χ0) is 14.7. The Hall–Kier alpha value is -1.66. The van der Waals surface area contributed by atoms with Gasteiger partial charge in [0.05, 0.1) is 5.69 Å². The second-order valence-electron chi connectivity index (χ2n) is 5.19. The van der Waals surface area contributed by atoms with Crippen molar-refractivity contribution in [1.29, 1.82) is 0 Å². The van der Waals surface area contributed by atoms with Crippen LogP contribution in [0.4, 0.5) is 11.5 Å². The van der Waals surface area contributed by atoms with E-state index in [0.29, 0.717) is 0 Å². The van der Waals surface area contributed by atoms with Gasteiger partial charge in [-0.1, -0.05) is 0 Å². The van der Waals surface area contributed by atoms with Crippen molar-refractivity contribution in [3.8, 4) is 0 Å². The first kappa shape index (κ1) is 14.3. The summed E-state index contributed by atoms with van der Waals surface area (Å²) >= 11 is 3.46. The minimum Gasteiger partial charge on any atom is -0.396 e. The number of nitrogens with zero attached hydrogens (tertiary/aromatic N) is 4. The van der Waals surface area contributed by atoms with Gasteiger partial charge in [0.2, 0.25) is 0 Å². The van der Waals surface area contributed by atoms with Gasteiger partial charge in [-0.2, -0.15) is 0 Å². The first-order valence-corrected chi connectivity index (χ1v) is 7.79. The molecule has 0 saturated carbocycles. The zero-order valence-electron chi connectivity index (χ0n) is 11.7. The third kappa shape index (κ3) is 3.51. The molecule has 6 heteroatoms. The summed E-state index contributed by atoms with van der Waals surface area (Å²) < 4.78 is 1.03. The van der Waals surface area contributed by atoms with E-state index in [2.05, 4.69) is 41.8 Å². The third-order valence-electron chi connectivity index (χ3n) is 3.66. The molecule has 0 bridgehead atoms. The first-order valence-electron chi connectivity index (χ1n) is 6.99. The molecule has 3 rings (SSSR count). The Kier molecular flexibility index (Phi) is 4.36. The number of piperazine rings is 1. The second kappa shape index (κ2) is 6.41. The monoisotopic (exact) mass is 347 g/mol. The maximum atomic E-state index is 6.00. The Bertz CT molecular complexity index is 611. The van der Waals surface area contributed by atoms with Gasteiger partial charge >= 0.3 is 0 Å². The summed E-state index contributed by atoms with van der Waals surface area (Å²) in [6, 6.07) is 5.90. The fraction of sp³-hybridized carbons (Fsp3) is 0.333. The normalized spacial score (nSPS) is 16.1. The molecule has 2 N–H and O–H groups in total. The lowest BCUT2D eigenvalue weighted by Gasteiger charge is -2.35. The molecule has 0 spiro atoms. The van der Waals surface area contributed by atoms with Gasteiger partial charge in [0.1, 0.15) is 0 Å². The van der Waals surface area contributed by atoms with E-state index in [1.54, 1.807) is 6.20 Å². The van der Waals surface area contributed by atoms with Crippen LogP contribution >= 0.6 is 15.9 Å². The van der Waals surface area contributed by atoms with Crippen molar-refractivity contribution in [1.82, 2.24) is 14.9 Å². The minimum absolute atomic E-state index is 0.752. The zero-order valence-corrected chi connectivity index (χ0v) is 13.3. The average Bonchev–Trinajstić information content (AvgIpc) is 2.49. The smallest absolute Gasteiger partial charge is 0.151 e. The van der Waals surface area contributed by atoms with Crippen LogP contribution in [0.25, 0.3) is 0 Å². The lowest BCUT2D eigenvalue weighted by molar-refractivity contribution is 0.249. The molecule has 0 aliphatic carbocycles. The summed E-state index contributed by atoms with van der Waals surface area (Å²) in [6.07, 6.45) is 5.53. The van der Waals surface area contributed by atoms with E-state index >= 15 is 0 Å². The van der Waals surface area contributed by atoms with Crippen LogP contribution in [0.1, 0.15) is 5.56 Å². The molecule has 2 aromatic heterocycles. The topological polar surface area (TPSA) is 58.3 Å². The predicted molar refractivity (Wildman–Crippen MR) is 88.1 cm³/mol. The highest BCUT2D eigenvalue weighted by Gasteiger charge is 2.19. The van der Waals surface area contributed by atoms with Gasteiger partial charge in [0.25, 0.3) is 0 Å². The molecule has 21 heavy (non-hydrogen) atoms. The number of hydrogen-bond acceptors (Lipinski definition) is 5. The van der Waals surface area contributed by atoms with E-state index in [1.165, 1.54) is 5.56 Å². The number of rotatable bonds is 3. The van der Waals surface area contributed by atoms with E-state index in [1.807, 2.05) is 24.5 Å². The van der Waals surface area contributed by atoms with Crippen LogP contribution in [-0.2, 0) is 6.54 Å². The maximum absolute atomic E-state index is 6.00. The Morgan fingerprint density at radius 1 is 1.19 bits per heavy atom. The Labute approximate surface area is 132 Å². The van der Waals surface area contributed by atoms with Gasteiger partial charge in [-0.25, -0.2) is 4.98 Å². The summed E-state index contributed by atoms with van der Waals surface area (Å²) in [5.74, 6) is 0.904. The van der Waals surface area contributed by atoms with E-state index < -0.39 is 0 Å². The van der Waals surface area contributed by atoms with Crippen molar-refractivity contribution in [3.05, 3.63) is 46.8 Å². The molecule has 0 aromatic carbocycles. The molecule has 2 aromatic rings. The van der Waals surface area contributed by atoms with Crippen molar-refractivity contribution < 1.29 is 0 Å². The Morgan fingerprint density at radius 2 is 2.00 bits per heavy atom. The van der Waals surface area contributed by atoms with E-state index in [-0.39, 0.29) is 0 Å². The summed E-state index contributed by atoms with van der Waals surface area (Å²) in [6.45, 7) is 4.83. The molecule has 1 aliphatic rings. The fourth-order valence-corrected chi connectivity index (χ4v) is 3.00. The molecule has 0 amide bonds. The van der Waals surface area contributed by atoms with Crippen LogP contribution in [-0.4, -0.2) is 41.0 Å². The van der Waals surface area contributed by atoms with Crippen LogP contribution < -0.4 is 10.6 Å². The quantitative estimate of drug-likeness (QED) is 0.921. The van der Waals surface area contributed by atoms with Gasteiger partial charge in [-0.3, -0.25) is 9.88 Å². The number of nitrogen functional groups attached to an aromatic ring is 1. The summed E-state index contributed by atoms with van der Waals surface area (Å²) in [4.78, 5) is 13.3. The molecule has 1 aliphatic heterocycles. The van der Waals surface area contributed by atoms with Crippen LogP contribution in [0.15, 0.2) is 41.3 Å². The van der Waals surface area contributed by atoms with E-state index in [9.17, 15) is 0 Å². The van der Waals surface area contributed by atoms with Gasteiger partial charge in [-0.15, -0.1) is 0 Å². The number of nitrogens with two attached hydrogens (primary N) is 1. The Morgan fingerprint density at radius 3 is 2.71 bits per heavy atom. The van der Waals surface area contributed by atoms with Crippen LogP contribution in [0, 0.1) is 0 Å².